The number of urea groups is 1. The molecule has 234 valence electrons. The summed E-state index contributed by atoms with van der Waals surface area (Å²) in [4.78, 5) is 77.1. The summed E-state index contributed by atoms with van der Waals surface area (Å²) in [6.07, 6.45) is 4.03. The number of Topliss-reactive ketones (excluding diaryl/α,β-unsaturated/α-hetero) is 2. The molecule has 11 nitrogen and oxygen atoms in total. The van der Waals surface area contributed by atoms with E-state index in [1.54, 1.807) is 32.9 Å². The van der Waals surface area contributed by atoms with Crippen molar-refractivity contribution in [2.75, 3.05) is 6.54 Å². The minimum Gasteiger partial charge on any atom is -0.363 e. The van der Waals surface area contributed by atoms with Gasteiger partial charge in [-0.15, -0.1) is 11.3 Å². The standard InChI is InChI=1S/C26H39N5O6S.C4H8/c1-14(2)16(13-18(32)19-10-8-12-38-19)29-25(37)30-21(26(4,5)6)24(36)31-11-7-9-17(31)23(35)28-15(3)20(33)22(27)34;1-4-2-3-4/h8,10,12,14-17,21H,7,9,11,13H2,1-6H3,(H2,27,34)(H,28,35)(H2,29,30,37);4H,2-3H2,1H3/t15?,16?,17-,21?;/m0./s1. The molecule has 2 fully saturated rings. The Morgan fingerprint density at radius 3 is 2.12 bits per heavy atom. The van der Waals surface area contributed by atoms with Crippen molar-refractivity contribution < 1.29 is 28.8 Å². The highest BCUT2D eigenvalue weighted by atomic mass is 32.1. The van der Waals surface area contributed by atoms with Gasteiger partial charge in [-0.25, -0.2) is 4.79 Å². The van der Waals surface area contributed by atoms with E-state index >= 15 is 0 Å². The van der Waals surface area contributed by atoms with Gasteiger partial charge in [0.2, 0.25) is 17.6 Å². The maximum Gasteiger partial charge on any atom is 0.315 e. The van der Waals surface area contributed by atoms with Crippen LogP contribution in [0.25, 0.3) is 0 Å². The van der Waals surface area contributed by atoms with Gasteiger partial charge in [0.25, 0.3) is 5.91 Å². The fourth-order valence-electron chi connectivity index (χ4n) is 4.40. The highest BCUT2D eigenvalue weighted by Gasteiger charge is 2.42. The Bertz CT molecular complexity index is 1130. The average molecular weight is 606 g/mol. The zero-order chi connectivity index (χ0) is 31.8. The van der Waals surface area contributed by atoms with Gasteiger partial charge in [-0.2, -0.15) is 0 Å². The van der Waals surface area contributed by atoms with E-state index < -0.39 is 59.1 Å². The summed E-state index contributed by atoms with van der Waals surface area (Å²) in [5.41, 5.74) is 4.31. The molecule has 1 aliphatic heterocycles. The van der Waals surface area contributed by atoms with Crippen LogP contribution < -0.4 is 21.7 Å². The molecule has 0 spiro atoms. The summed E-state index contributed by atoms with van der Waals surface area (Å²) in [5, 5.41) is 9.89. The second-order valence-corrected chi connectivity index (χ2v) is 13.7. The molecule has 12 heteroatoms. The Balaban J connectivity index is 0.00000141. The molecule has 2 heterocycles. The lowest BCUT2D eigenvalue weighted by atomic mass is 9.85. The SMILES string of the molecule is CC(NC(=O)[C@@H]1CCCN1C(=O)C(NC(=O)NC(CC(=O)c1cccs1)C(C)C)C(C)(C)C)C(=O)C(N)=O.CC1CC1. The quantitative estimate of drug-likeness (QED) is 0.223. The largest absolute Gasteiger partial charge is 0.363 e. The van der Waals surface area contributed by atoms with Crippen LogP contribution in [0.5, 0.6) is 0 Å². The van der Waals surface area contributed by atoms with Crippen molar-refractivity contribution in [1.29, 1.82) is 0 Å². The molecule has 2 aliphatic rings. The summed E-state index contributed by atoms with van der Waals surface area (Å²) in [7, 11) is 0. The molecule has 5 amide bonds. The Labute approximate surface area is 252 Å². The van der Waals surface area contributed by atoms with Crippen molar-refractivity contribution in [1.82, 2.24) is 20.9 Å². The van der Waals surface area contributed by atoms with Gasteiger partial charge in [0, 0.05) is 19.0 Å². The summed E-state index contributed by atoms with van der Waals surface area (Å²) < 4.78 is 0. The lowest BCUT2D eigenvalue weighted by Gasteiger charge is -2.36. The van der Waals surface area contributed by atoms with Gasteiger partial charge in [0.1, 0.15) is 12.1 Å². The normalized spacial score (nSPS) is 18.7. The number of ketones is 2. The van der Waals surface area contributed by atoms with Crippen molar-refractivity contribution in [2.45, 2.75) is 105 Å². The summed E-state index contributed by atoms with van der Waals surface area (Å²) in [6, 6.07) is -0.444. The van der Waals surface area contributed by atoms with Gasteiger partial charge in [0.05, 0.1) is 10.9 Å². The summed E-state index contributed by atoms with van der Waals surface area (Å²) >= 11 is 1.34. The smallest absolute Gasteiger partial charge is 0.315 e. The number of hydrogen-bond donors (Lipinski definition) is 4. The Kier molecular flexibility index (Phi) is 12.7. The molecule has 1 saturated carbocycles. The first kappa shape index (κ1) is 34.9. The monoisotopic (exact) mass is 605 g/mol. The first-order chi connectivity index (χ1) is 19.5. The lowest BCUT2D eigenvalue weighted by molar-refractivity contribution is -0.143. The Hall–Kier alpha value is -3.28. The third-order valence-corrected chi connectivity index (χ3v) is 8.32. The van der Waals surface area contributed by atoms with E-state index in [4.69, 9.17) is 5.73 Å². The number of nitrogens with zero attached hydrogens (tertiary/aromatic N) is 1. The molecule has 1 aromatic heterocycles. The van der Waals surface area contributed by atoms with Crippen LogP contribution in [0.1, 0.15) is 90.2 Å². The number of nitrogens with one attached hydrogen (secondary N) is 3. The maximum atomic E-state index is 13.6. The molecule has 1 aliphatic carbocycles. The summed E-state index contributed by atoms with van der Waals surface area (Å²) in [5.74, 6) is -2.12. The van der Waals surface area contributed by atoms with E-state index in [1.807, 2.05) is 19.2 Å². The Morgan fingerprint density at radius 1 is 1.02 bits per heavy atom. The van der Waals surface area contributed by atoms with E-state index in [9.17, 15) is 28.8 Å². The highest BCUT2D eigenvalue weighted by molar-refractivity contribution is 7.12. The van der Waals surface area contributed by atoms with E-state index in [1.165, 1.54) is 36.0 Å². The molecule has 42 heavy (non-hydrogen) atoms. The van der Waals surface area contributed by atoms with Gasteiger partial charge in [-0.3, -0.25) is 24.0 Å². The second kappa shape index (κ2) is 15.3. The minimum atomic E-state index is -1.16. The molecule has 5 N–H and O–H groups in total. The third kappa shape index (κ3) is 10.5. The van der Waals surface area contributed by atoms with Crippen molar-refractivity contribution in [3.8, 4) is 0 Å². The van der Waals surface area contributed by atoms with Crippen LogP contribution in [0, 0.1) is 17.3 Å². The minimum absolute atomic E-state index is 0.0368. The van der Waals surface area contributed by atoms with Crippen LogP contribution in [-0.2, 0) is 19.2 Å². The van der Waals surface area contributed by atoms with Crippen molar-refractivity contribution >= 4 is 46.7 Å². The number of carbonyl (C=O) groups is 6. The molecule has 0 radical (unpaired) electrons. The number of thiophene rings is 1. The first-order valence-electron chi connectivity index (χ1n) is 14.6. The molecule has 4 atom stereocenters. The molecule has 3 rings (SSSR count). The van der Waals surface area contributed by atoms with Crippen LogP contribution >= 0.6 is 11.3 Å². The zero-order valence-corrected chi connectivity index (χ0v) is 26.6. The van der Waals surface area contributed by atoms with Crippen LogP contribution in [0.15, 0.2) is 17.5 Å². The molecule has 1 aromatic rings. The van der Waals surface area contributed by atoms with Crippen LogP contribution in [0.4, 0.5) is 4.79 Å². The molecule has 0 bridgehead atoms. The topological polar surface area (TPSA) is 168 Å². The highest BCUT2D eigenvalue weighted by Crippen LogP contribution is 2.27. The third-order valence-electron chi connectivity index (χ3n) is 7.41. The van der Waals surface area contributed by atoms with Gasteiger partial charge >= 0.3 is 6.03 Å². The Morgan fingerprint density at radius 2 is 1.64 bits per heavy atom. The molecular weight excluding hydrogens is 558 g/mol. The number of amides is 5. The van der Waals surface area contributed by atoms with Gasteiger partial charge < -0.3 is 26.6 Å². The molecule has 1 saturated heterocycles. The number of likely N-dealkylation sites (tertiary alicyclic amines) is 1. The van der Waals surface area contributed by atoms with Crippen molar-refractivity contribution in [3.05, 3.63) is 22.4 Å². The lowest BCUT2D eigenvalue weighted by Crippen LogP contribution is -2.60. The van der Waals surface area contributed by atoms with Gasteiger partial charge in [-0.05, 0) is 48.5 Å². The number of primary amides is 1. The summed E-state index contributed by atoms with van der Waals surface area (Å²) in [6.45, 7) is 13.1. The number of carbonyl (C=O) groups excluding carboxylic acids is 6. The number of hydrogen-bond acceptors (Lipinski definition) is 7. The average Bonchev–Trinajstić information content (AvgIpc) is 3.34. The van der Waals surface area contributed by atoms with E-state index in [2.05, 4.69) is 22.9 Å². The predicted octanol–water partition coefficient (Wildman–Crippen LogP) is 3.03. The molecule has 0 aromatic carbocycles. The fraction of sp³-hybridized carbons (Fsp3) is 0.667. The molecular formula is C30H47N5O6S. The first-order valence-corrected chi connectivity index (χ1v) is 15.5. The van der Waals surface area contributed by atoms with Crippen LogP contribution in [-0.4, -0.2) is 70.9 Å². The zero-order valence-electron chi connectivity index (χ0n) is 25.8. The fourth-order valence-corrected chi connectivity index (χ4v) is 5.08. The van der Waals surface area contributed by atoms with Crippen molar-refractivity contribution in [2.24, 2.45) is 23.0 Å². The maximum absolute atomic E-state index is 13.6. The predicted molar refractivity (Wildman–Crippen MR) is 162 cm³/mol. The van der Waals surface area contributed by atoms with Crippen LogP contribution in [0.3, 0.4) is 0 Å². The van der Waals surface area contributed by atoms with Crippen LogP contribution in [0.2, 0.25) is 0 Å². The van der Waals surface area contributed by atoms with E-state index in [0.29, 0.717) is 24.3 Å². The van der Waals surface area contributed by atoms with Gasteiger partial charge in [-0.1, -0.05) is 60.5 Å². The van der Waals surface area contributed by atoms with E-state index in [0.717, 1.165) is 5.92 Å². The molecule has 3 unspecified atom stereocenters. The van der Waals surface area contributed by atoms with E-state index in [-0.39, 0.29) is 18.1 Å². The van der Waals surface area contributed by atoms with Gasteiger partial charge in [0.15, 0.2) is 5.78 Å². The second-order valence-electron chi connectivity index (χ2n) is 12.7. The number of rotatable bonds is 11. The van der Waals surface area contributed by atoms with Crippen molar-refractivity contribution in [3.63, 3.8) is 0 Å². The number of nitrogens with two attached hydrogens (primary N) is 1.